The minimum atomic E-state index is -0.114. The fourth-order valence-electron chi connectivity index (χ4n) is 2.71. The smallest absolute Gasteiger partial charge is 0.267 e. The molecule has 3 heterocycles. The Hall–Kier alpha value is -1.77. The van der Waals surface area contributed by atoms with Gasteiger partial charge in [0.2, 0.25) is 5.91 Å². The molecule has 2 N–H and O–H groups in total. The van der Waals surface area contributed by atoms with Gasteiger partial charge in [-0.1, -0.05) is 6.07 Å². The lowest BCUT2D eigenvalue weighted by Crippen LogP contribution is -2.40. The Morgan fingerprint density at radius 3 is 3.00 bits per heavy atom. The van der Waals surface area contributed by atoms with Crippen molar-refractivity contribution in [2.75, 3.05) is 18.4 Å². The van der Waals surface area contributed by atoms with E-state index in [9.17, 15) is 9.59 Å². The quantitative estimate of drug-likeness (QED) is 0.854. The first kappa shape index (κ1) is 15.7. The molecule has 2 aromatic rings. The molecule has 1 fully saturated rings. The van der Waals surface area contributed by atoms with E-state index in [0.717, 1.165) is 42.9 Å². The molecule has 0 unspecified atom stereocenters. The number of anilines is 1. The summed E-state index contributed by atoms with van der Waals surface area (Å²) in [5.74, 6) is -0.00606. The minimum Gasteiger partial charge on any atom is -0.352 e. The third kappa shape index (κ3) is 3.66. The number of hydrogen-bond acceptors (Lipinski definition) is 6. The van der Waals surface area contributed by atoms with Gasteiger partial charge in [-0.15, -0.1) is 22.7 Å². The van der Waals surface area contributed by atoms with Crippen LogP contribution in [0.4, 0.5) is 5.13 Å². The molecule has 1 saturated carbocycles. The summed E-state index contributed by atoms with van der Waals surface area (Å²) in [5.41, 5.74) is 1.04. The van der Waals surface area contributed by atoms with E-state index in [1.165, 1.54) is 22.7 Å². The second kappa shape index (κ2) is 6.62. The molecule has 126 valence electrons. The fraction of sp³-hybridized carbons (Fsp3) is 0.438. The molecule has 0 radical (unpaired) electrons. The Morgan fingerprint density at radius 2 is 2.25 bits per heavy atom. The predicted octanol–water partition coefficient (Wildman–Crippen LogP) is 2.09. The van der Waals surface area contributed by atoms with Crippen molar-refractivity contribution < 1.29 is 9.59 Å². The first-order valence-corrected chi connectivity index (χ1v) is 9.72. The van der Waals surface area contributed by atoms with Crippen LogP contribution >= 0.6 is 22.7 Å². The van der Waals surface area contributed by atoms with Crippen LogP contribution in [0.15, 0.2) is 17.5 Å². The highest BCUT2D eigenvalue weighted by molar-refractivity contribution is 7.16. The maximum atomic E-state index is 12.1. The van der Waals surface area contributed by atoms with Crippen molar-refractivity contribution in [1.82, 2.24) is 15.2 Å². The van der Waals surface area contributed by atoms with E-state index in [2.05, 4.69) is 20.5 Å². The predicted molar refractivity (Wildman–Crippen MR) is 94.5 cm³/mol. The molecular weight excluding hydrogens is 344 g/mol. The SMILES string of the molecule is O=C(CN1CCc2nc(NC(=O)c3cccs3)sc2C1)NC1CC1. The Labute approximate surface area is 147 Å². The number of amides is 2. The Balaban J connectivity index is 1.36. The Bertz CT molecular complexity index is 752. The minimum absolute atomic E-state index is 0.108. The molecule has 4 rings (SSSR count). The molecule has 0 atom stereocenters. The molecule has 8 heteroatoms. The number of carbonyl (C=O) groups excluding carboxylic acids is 2. The number of thiophene rings is 1. The molecule has 2 amide bonds. The third-order valence-corrected chi connectivity index (χ3v) is 5.95. The highest BCUT2D eigenvalue weighted by Gasteiger charge is 2.26. The van der Waals surface area contributed by atoms with Gasteiger partial charge >= 0.3 is 0 Å². The number of nitrogens with one attached hydrogen (secondary N) is 2. The first-order valence-electron chi connectivity index (χ1n) is 8.02. The van der Waals surface area contributed by atoms with Crippen LogP contribution in [-0.2, 0) is 17.8 Å². The van der Waals surface area contributed by atoms with Crippen LogP contribution in [-0.4, -0.2) is 40.8 Å². The van der Waals surface area contributed by atoms with Gasteiger partial charge in [0.05, 0.1) is 17.1 Å². The van der Waals surface area contributed by atoms with Crippen molar-refractivity contribution in [2.45, 2.75) is 31.8 Å². The number of fused-ring (bicyclic) bond motifs is 1. The number of hydrogen-bond donors (Lipinski definition) is 2. The number of carbonyl (C=O) groups is 2. The summed E-state index contributed by atoms with van der Waals surface area (Å²) < 4.78 is 0. The molecule has 0 spiro atoms. The van der Waals surface area contributed by atoms with E-state index < -0.39 is 0 Å². The zero-order chi connectivity index (χ0) is 16.5. The van der Waals surface area contributed by atoms with Crippen LogP contribution in [0.1, 0.15) is 33.1 Å². The maximum Gasteiger partial charge on any atom is 0.267 e. The molecule has 1 aliphatic carbocycles. The topological polar surface area (TPSA) is 74.3 Å². The van der Waals surface area contributed by atoms with Crippen LogP contribution in [0.5, 0.6) is 0 Å². The van der Waals surface area contributed by atoms with E-state index in [-0.39, 0.29) is 11.8 Å². The van der Waals surface area contributed by atoms with Gasteiger partial charge in [-0.3, -0.25) is 19.8 Å². The summed E-state index contributed by atoms with van der Waals surface area (Å²) in [6.45, 7) is 1.98. The second-order valence-electron chi connectivity index (χ2n) is 6.12. The lowest BCUT2D eigenvalue weighted by Gasteiger charge is -2.25. The van der Waals surface area contributed by atoms with Crippen LogP contribution in [0.25, 0.3) is 0 Å². The zero-order valence-electron chi connectivity index (χ0n) is 13.1. The maximum absolute atomic E-state index is 12.1. The molecule has 6 nitrogen and oxygen atoms in total. The van der Waals surface area contributed by atoms with E-state index in [1.807, 2.05) is 11.4 Å². The van der Waals surface area contributed by atoms with Crippen molar-refractivity contribution in [3.05, 3.63) is 33.0 Å². The van der Waals surface area contributed by atoms with Gasteiger partial charge in [0.15, 0.2) is 5.13 Å². The highest BCUT2D eigenvalue weighted by atomic mass is 32.1. The largest absolute Gasteiger partial charge is 0.352 e. The number of aromatic nitrogens is 1. The highest BCUT2D eigenvalue weighted by Crippen LogP contribution is 2.29. The standard InChI is InChI=1S/C16H18N4O2S2/c21-14(17-10-3-4-10)9-20-6-5-11-13(8-20)24-16(18-11)19-15(22)12-2-1-7-23-12/h1-2,7,10H,3-6,8-9H2,(H,17,21)(H,18,19,22). The summed E-state index contributed by atoms with van der Waals surface area (Å²) in [6, 6.07) is 4.06. The van der Waals surface area contributed by atoms with Crippen molar-refractivity contribution in [3.8, 4) is 0 Å². The lowest BCUT2D eigenvalue weighted by molar-refractivity contribution is -0.122. The van der Waals surface area contributed by atoms with Crippen LogP contribution in [0, 0.1) is 0 Å². The Morgan fingerprint density at radius 1 is 1.38 bits per heavy atom. The third-order valence-electron chi connectivity index (χ3n) is 4.09. The monoisotopic (exact) mass is 362 g/mol. The second-order valence-corrected chi connectivity index (χ2v) is 8.15. The molecule has 0 saturated heterocycles. The number of thiazole rings is 1. The molecule has 0 aromatic carbocycles. The summed E-state index contributed by atoms with van der Waals surface area (Å²) in [5, 5.41) is 8.42. The van der Waals surface area contributed by atoms with Crippen molar-refractivity contribution >= 4 is 39.6 Å². The van der Waals surface area contributed by atoms with E-state index in [4.69, 9.17) is 0 Å². The van der Waals surface area contributed by atoms with Gasteiger partial charge in [-0.05, 0) is 24.3 Å². The molecule has 0 bridgehead atoms. The lowest BCUT2D eigenvalue weighted by atomic mass is 10.2. The first-order chi connectivity index (χ1) is 11.7. The van der Waals surface area contributed by atoms with Crippen molar-refractivity contribution in [1.29, 1.82) is 0 Å². The summed E-state index contributed by atoms with van der Waals surface area (Å²) in [4.78, 5) is 32.5. The van der Waals surface area contributed by atoms with Gasteiger partial charge in [0, 0.05) is 30.4 Å². The van der Waals surface area contributed by atoms with Crippen LogP contribution in [0.2, 0.25) is 0 Å². The van der Waals surface area contributed by atoms with Crippen molar-refractivity contribution in [2.24, 2.45) is 0 Å². The Kier molecular flexibility index (Phi) is 4.34. The summed E-state index contributed by atoms with van der Waals surface area (Å²) >= 11 is 2.92. The number of rotatable bonds is 5. The average molecular weight is 362 g/mol. The van der Waals surface area contributed by atoms with Gasteiger partial charge in [0.25, 0.3) is 5.91 Å². The van der Waals surface area contributed by atoms with E-state index in [0.29, 0.717) is 22.6 Å². The van der Waals surface area contributed by atoms with Crippen molar-refractivity contribution in [3.63, 3.8) is 0 Å². The van der Waals surface area contributed by atoms with E-state index >= 15 is 0 Å². The molecule has 24 heavy (non-hydrogen) atoms. The fourth-order valence-corrected chi connectivity index (χ4v) is 4.37. The summed E-state index contributed by atoms with van der Waals surface area (Å²) in [6.07, 6.45) is 3.04. The molecule has 1 aliphatic heterocycles. The van der Waals surface area contributed by atoms with Crippen LogP contribution in [0.3, 0.4) is 0 Å². The number of nitrogens with zero attached hydrogens (tertiary/aromatic N) is 2. The average Bonchev–Trinajstić information content (AvgIpc) is 3.05. The summed E-state index contributed by atoms with van der Waals surface area (Å²) in [7, 11) is 0. The molecular formula is C16H18N4O2S2. The zero-order valence-corrected chi connectivity index (χ0v) is 14.7. The normalized spacial score (nSPS) is 17.3. The van der Waals surface area contributed by atoms with Gasteiger partial charge < -0.3 is 5.32 Å². The molecule has 2 aromatic heterocycles. The van der Waals surface area contributed by atoms with Gasteiger partial charge in [-0.25, -0.2) is 4.98 Å². The van der Waals surface area contributed by atoms with Gasteiger partial charge in [-0.2, -0.15) is 0 Å². The van der Waals surface area contributed by atoms with Gasteiger partial charge in [0.1, 0.15) is 0 Å². The molecule has 2 aliphatic rings. The van der Waals surface area contributed by atoms with E-state index in [1.54, 1.807) is 6.07 Å². The van der Waals surface area contributed by atoms with Crippen LogP contribution < -0.4 is 10.6 Å².